The summed E-state index contributed by atoms with van der Waals surface area (Å²) >= 11 is 3.32. The van der Waals surface area contributed by atoms with Crippen LogP contribution in [-0.2, 0) is 19.1 Å². The van der Waals surface area contributed by atoms with Gasteiger partial charge in [0.2, 0.25) is 11.8 Å². The van der Waals surface area contributed by atoms with E-state index in [1.165, 1.54) is 6.92 Å². The number of amides is 2. The summed E-state index contributed by atoms with van der Waals surface area (Å²) in [5, 5.41) is 0. The van der Waals surface area contributed by atoms with Crippen molar-refractivity contribution in [3.05, 3.63) is 105 Å². The lowest BCUT2D eigenvalue weighted by atomic mass is 9.55. The van der Waals surface area contributed by atoms with Crippen molar-refractivity contribution in [2.45, 2.75) is 24.8 Å². The first-order chi connectivity index (χ1) is 17.4. The van der Waals surface area contributed by atoms with Crippen molar-refractivity contribution in [2.75, 3.05) is 6.61 Å². The van der Waals surface area contributed by atoms with Crippen molar-refractivity contribution < 1.29 is 23.9 Å². The highest BCUT2D eigenvalue weighted by molar-refractivity contribution is 9.10. The maximum atomic E-state index is 13.7. The summed E-state index contributed by atoms with van der Waals surface area (Å²) in [6.45, 7) is 1.03. The van der Waals surface area contributed by atoms with Gasteiger partial charge in [0, 0.05) is 21.9 Å². The van der Waals surface area contributed by atoms with Crippen LogP contribution in [0.15, 0.2) is 77.3 Å². The van der Waals surface area contributed by atoms with E-state index in [1.807, 2.05) is 48.5 Å². The lowest BCUT2D eigenvalue weighted by Gasteiger charge is -2.45. The number of nitrogens with zero attached hydrogens (tertiary/aromatic N) is 1. The topological polar surface area (TPSA) is 80.8 Å². The summed E-state index contributed by atoms with van der Waals surface area (Å²) in [6, 6.07) is 21.6. The second kappa shape index (κ2) is 8.52. The van der Waals surface area contributed by atoms with Gasteiger partial charge in [-0.05, 0) is 41.3 Å². The predicted octanol–water partition coefficient (Wildman–Crippen LogP) is 4.46. The Bertz CT molecular complexity index is 1320. The maximum Gasteiger partial charge on any atom is 0.329 e. The van der Waals surface area contributed by atoms with Crippen molar-refractivity contribution >= 4 is 39.5 Å². The molecule has 3 unspecified atom stereocenters. The SMILES string of the molecule is CC(C(=O)OCC(=O)c1ccc(Br)cc1)N1C(=O)C2C3c4ccccc4C(c4ccccc43)C2C1=O. The Hall–Kier alpha value is -3.58. The Morgan fingerprint density at radius 3 is 1.69 bits per heavy atom. The number of Topliss-reactive ketones (excluding diaryl/α,β-unsaturated/α-hetero) is 1. The van der Waals surface area contributed by atoms with Gasteiger partial charge in [-0.2, -0.15) is 0 Å². The van der Waals surface area contributed by atoms with Gasteiger partial charge in [0.15, 0.2) is 12.4 Å². The zero-order chi connectivity index (χ0) is 25.1. The first kappa shape index (κ1) is 22.9. The molecule has 6 nitrogen and oxygen atoms in total. The average Bonchev–Trinajstić information content (AvgIpc) is 3.17. The van der Waals surface area contributed by atoms with Crippen molar-refractivity contribution in [2.24, 2.45) is 11.8 Å². The smallest absolute Gasteiger partial charge is 0.329 e. The molecule has 0 N–H and O–H groups in total. The molecule has 0 radical (unpaired) electrons. The maximum absolute atomic E-state index is 13.7. The van der Waals surface area contributed by atoms with Crippen molar-refractivity contribution in [1.82, 2.24) is 4.90 Å². The molecule has 2 bridgehead atoms. The fraction of sp³-hybridized carbons (Fsp3) is 0.241. The summed E-state index contributed by atoms with van der Waals surface area (Å²) < 4.78 is 6.09. The zero-order valence-electron chi connectivity index (χ0n) is 19.4. The molecule has 4 aliphatic rings. The number of benzene rings is 3. The first-order valence-electron chi connectivity index (χ1n) is 11.9. The third-order valence-electron chi connectivity index (χ3n) is 7.72. The highest BCUT2D eigenvalue weighted by Crippen LogP contribution is 2.61. The number of esters is 1. The van der Waals surface area contributed by atoms with Crippen LogP contribution in [-0.4, -0.2) is 41.1 Å². The van der Waals surface area contributed by atoms with E-state index >= 15 is 0 Å². The Balaban J connectivity index is 1.26. The number of likely N-dealkylation sites (tertiary alicyclic amines) is 1. The molecule has 3 atom stereocenters. The van der Waals surface area contributed by atoms with Crippen LogP contribution in [0.25, 0.3) is 0 Å². The number of imide groups is 1. The molecule has 1 fully saturated rings. The molecule has 36 heavy (non-hydrogen) atoms. The summed E-state index contributed by atoms with van der Waals surface area (Å²) in [7, 11) is 0. The number of halogens is 1. The van der Waals surface area contributed by atoms with E-state index in [4.69, 9.17) is 4.74 Å². The van der Waals surface area contributed by atoms with Gasteiger partial charge in [0.1, 0.15) is 6.04 Å². The number of hydrogen-bond acceptors (Lipinski definition) is 5. The van der Waals surface area contributed by atoms with E-state index < -0.39 is 30.5 Å². The van der Waals surface area contributed by atoms with Crippen LogP contribution in [0.1, 0.15) is 51.4 Å². The molecule has 0 aromatic heterocycles. The monoisotopic (exact) mass is 543 g/mol. The van der Waals surface area contributed by atoms with Crippen LogP contribution in [0.4, 0.5) is 0 Å². The van der Waals surface area contributed by atoms with E-state index in [1.54, 1.807) is 24.3 Å². The van der Waals surface area contributed by atoms with E-state index in [0.717, 1.165) is 31.6 Å². The number of rotatable bonds is 5. The fourth-order valence-electron chi connectivity index (χ4n) is 6.16. The van der Waals surface area contributed by atoms with Gasteiger partial charge in [-0.15, -0.1) is 0 Å². The molecule has 3 aliphatic carbocycles. The lowest BCUT2D eigenvalue weighted by Crippen LogP contribution is -2.45. The Morgan fingerprint density at radius 2 is 1.25 bits per heavy atom. The highest BCUT2D eigenvalue weighted by atomic mass is 79.9. The molecule has 2 amide bonds. The zero-order valence-corrected chi connectivity index (χ0v) is 21.0. The van der Waals surface area contributed by atoms with Gasteiger partial charge < -0.3 is 4.74 Å². The van der Waals surface area contributed by atoms with Crippen LogP contribution < -0.4 is 0 Å². The van der Waals surface area contributed by atoms with Gasteiger partial charge in [-0.25, -0.2) is 4.79 Å². The molecule has 1 aliphatic heterocycles. The van der Waals surface area contributed by atoms with Crippen LogP contribution >= 0.6 is 15.9 Å². The van der Waals surface area contributed by atoms with Crippen molar-refractivity contribution in [3.8, 4) is 0 Å². The molecule has 7 rings (SSSR count). The van der Waals surface area contributed by atoms with Crippen LogP contribution in [0.5, 0.6) is 0 Å². The summed E-state index contributed by atoms with van der Waals surface area (Å²) in [5.74, 6) is -3.45. The van der Waals surface area contributed by atoms with Gasteiger partial charge >= 0.3 is 5.97 Å². The largest absolute Gasteiger partial charge is 0.456 e. The van der Waals surface area contributed by atoms with E-state index in [0.29, 0.717) is 5.56 Å². The normalized spacial score (nSPS) is 24.1. The number of hydrogen-bond donors (Lipinski definition) is 0. The summed E-state index contributed by atoms with van der Waals surface area (Å²) in [4.78, 5) is 53.9. The Kier molecular flexibility index (Phi) is 5.41. The minimum Gasteiger partial charge on any atom is -0.456 e. The molecule has 0 saturated carbocycles. The number of ether oxygens (including phenoxy) is 1. The average molecular weight is 544 g/mol. The van der Waals surface area contributed by atoms with Gasteiger partial charge in [0.25, 0.3) is 0 Å². The quantitative estimate of drug-likeness (QED) is 0.269. The van der Waals surface area contributed by atoms with E-state index in [9.17, 15) is 19.2 Å². The molecule has 7 heteroatoms. The molecule has 180 valence electrons. The van der Waals surface area contributed by atoms with E-state index in [-0.39, 0.29) is 29.4 Å². The molecule has 1 heterocycles. The van der Waals surface area contributed by atoms with Crippen LogP contribution in [0.2, 0.25) is 0 Å². The van der Waals surface area contributed by atoms with Gasteiger partial charge in [0.05, 0.1) is 11.8 Å². The third kappa shape index (κ3) is 3.29. The lowest BCUT2D eigenvalue weighted by molar-refractivity contribution is -0.157. The summed E-state index contributed by atoms with van der Waals surface area (Å²) in [5.41, 5.74) is 4.69. The second-order valence-electron chi connectivity index (χ2n) is 9.52. The first-order valence-corrected chi connectivity index (χ1v) is 12.7. The Morgan fingerprint density at radius 1 is 0.806 bits per heavy atom. The molecule has 3 aromatic carbocycles. The van der Waals surface area contributed by atoms with Crippen LogP contribution in [0, 0.1) is 11.8 Å². The van der Waals surface area contributed by atoms with Gasteiger partial charge in [-0.1, -0.05) is 76.6 Å². The molecular formula is C29H22BrNO5. The standard InChI is InChI=1S/C29H22BrNO5/c1-15(29(35)36-14-22(32)16-10-12-17(30)13-11-16)31-27(33)25-23-18-6-2-3-7-19(18)24(26(25)28(31)34)21-9-5-4-8-20(21)23/h2-13,15,23-26H,14H2,1H3. The highest BCUT2D eigenvalue weighted by Gasteiger charge is 2.62. The number of ketones is 1. The minimum atomic E-state index is -1.13. The number of carbonyl (C=O) groups excluding carboxylic acids is 4. The molecule has 3 aromatic rings. The van der Waals surface area contributed by atoms with Crippen molar-refractivity contribution in [3.63, 3.8) is 0 Å². The second-order valence-corrected chi connectivity index (χ2v) is 10.4. The minimum absolute atomic E-state index is 0.240. The summed E-state index contributed by atoms with van der Waals surface area (Å²) in [6.07, 6.45) is 0. The molecule has 0 spiro atoms. The fourth-order valence-corrected chi connectivity index (χ4v) is 6.43. The van der Waals surface area contributed by atoms with Crippen molar-refractivity contribution in [1.29, 1.82) is 0 Å². The van der Waals surface area contributed by atoms with Gasteiger partial charge in [-0.3, -0.25) is 19.3 Å². The Labute approximate surface area is 216 Å². The molecular weight excluding hydrogens is 522 g/mol. The predicted molar refractivity (Wildman–Crippen MR) is 134 cm³/mol. The van der Waals surface area contributed by atoms with E-state index in [2.05, 4.69) is 15.9 Å². The third-order valence-corrected chi connectivity index (χ3v) is 8.25. The number of carbonyl (C=O) groups is 4. The van der Waals surface area contributed by atoms with Crippen LogP contribution in [0.3, 0.4) is 0 Å². The molecule has 1 saturated heterocycles.